The maximum absolute atomic E-state index is 13.2. The van der Waals surface area contributed by atoms with E-state index in [4.69, 9.17) is 11.6 Å². The van der Waals surface area contributed by atoms with Gasteiger partial charge in [0.15, 0.2) is 11.8 Å². The normalized spacial score (nSPS) is 11.8. The third-order valence-electron chi connectivity index (χ3n) is 4.01. The quantitative estimate of drug-likeness (QED) is 0.548. The van der Waals surface area contributed by atoms with Gasteiger partial charge in [-0.15, -0.1) is 0 Å². The summed E-state index contributed by atoms with van der Waals surface area (Å²) in [5, 5.41) is 0.227. The number of benzene rings is 1. The van der Waals surface area contributed by atoms with Crippen LogP contribution in [0.3, 0.4) is 0 Å². The van der Waals surface area contributed by atoms with Crippen LogP contribution < -0.4 is 5.56 Å². The van der Waals surface area contributed by atoms with Gasteiger partial charge in [0.1, 0.15) is 5.82 Å². The number of carbonyl (C=O) groups is 2. The van der Waals surface area contributed by atoms with Crippen LogP contribution in [0.25, 0.3) is 0 Å². The fraction of sp³-hybridized carbons (Fsp3) is 0.316. The van der Waals surface area contributed by atoms with E-state index in [9.17, 15) is 18.8 Å². The molecule has 2 rings (SSSR count). The summed E-state index contributed by atoms with van der Waals surface area (Å²) in [5.41, 5.74) is -0.382. The molecule has 1 aromatic carbocycles. The summed E-state index contributed by atoms with van der Waals surface area (Å²) in [6.45, 7) is 2.44. The average molecular weight is 379 g/mol. The first-order chi connectivity index (χ1) is 12.3. The van der Waals surface area contributed by atoms with Crippen LogP contribution in [0, 0.1) is 5.82 Å². The fourth-order valence-electron chi connectivity index (χ4n) is 2.52. The molecule has 0 fully saturated rings. The molecule has 0 saturated carbocycles. The Labute approximate surface area is 156 Å². The SMILES string of the molecule is CCCCN(C)C(=O)[C@@H](C(=O)c1ccc(F)cc1)n1cc(Cl)ccc1=O. The Morgan fingerprint density at radius 1 is 1.19 bits per heavy atom. The first-order valence-corrected chi connectivity index (χ1v) is 8.65. The summed E-state index contributed by atoms with van der Waals surface area (Å²) < 4.78 is 14.2. The van der Waals surface area contributed by atoms with Gasteiger partial charge in [0, 0.05) is 31.4 Å². The van der Waals surface area contributed by atoms with E-state index in [0.717, 1.165) is 29.5 Å². The highest BCUT2D eigenvalue weighted by atomic mass is 35.5. The van der Waals surface area contributed by atoms with E-state index >= 15 is 0 Å². The van der Waals surface area contributed by atoms with Crippen LogP contribution in [0.4, 0.5) is 4.39 Å². The predicted molar refractivity (Wildman–Crippen MR) is 98.0 cm³/mol. The number of rotatable bonds is 7. The number of nitrogens with zero attached hydrogens (tertiary/aromatic N) is 2. The van der Waals surface area contributed by atoms with E-state index < -0.39 is 29.1 Å². The second-order valence-corrected chi connectivity index (χ2v) is 6.42. The van der Waals surface area contributed by atoms with Gasteiger partial charge in [0.05, 0.1) is 5.02 Å². The van der Waals surface area contributed by atoms with Crippen molar-refractivity contribution in [3.05, 3.63) is 69.4 Å². The summed E-state index contributed by atoms with van der Waals surface area (Å²) in [6, 6.07) is 6.05. The molecule has 0 unspecified atom stereocenters. The number of Topliss-reactive ketones (excluding diaryl/α,β-unsaturated/α-hetero) is 1. The van der Waals surface area contributed by atoms with Crippen molar-refractivity contribution < 1.29 is 14.0 Å². The number of aromatic nitrogens is 1. The van der Waals surface area contributed by atoms with Crippen molar-refractivity contribution in [1.82, 2.24) is 9.47 Å². The number of pyridine rings is 1. The lowest BCUT2D eigenvalue weighted by Crippen LogP contribution is -2.42. The molecule has 0 aliphatic rings. The second kappa shape index (κ2) is 8.76. The predicted octanol–water partition coefficient (Wildman–Crippen LogP) is 3.32. The van der Waals surface area contributed by atoms with E-state index in [1.54, 1.807) is 7.05 Å². The highest BCUT2D eigenvalue weighted by molar-refractivity contribution is 6.30. The number of likely N-dealkylation sites (N-methyl/N-ethyl adjacent to an activating group) is 1. The summed E-state index contributed by atoms with van der Waals surface area (Å²) in [5.74, 6) is -1.61. The monoisotopic (exact) mass is 378 g/mol. The number of carbonyl (C=O) groups excluding carboxylic acids is 2. The molecule has 0 spiro atoms. The fourth-order valence-corrected chi connectivity index (χ4v) is 2.69. The summed E-state index contributed by atoms with van der Waals surface area (Å²) >= 11 is 5.95. The van der Waals surface area contributed by atoms with Crippen molar-refractivity contribution in [3.8, 4) is 0 Å². The zero-order chi connectivity index (χ0) is 19.3. The smallest absolute Gasteiger partial charge is 0.253 e. The van der Waals surface area contributed by atoms with Gasteiger partial charge in [-0.05, 0) is 36.8 Å². The number of halogens is 2. The van der Waals surface area contributed by atoms with Gasteiger partial charge in [0.25, 0.3) is 11.5 Å². The molecule has 0 radical (unpaired) electrons. The standard InChI is InChI=1S/C19H20ClFN2O3/c1-3-4-11-22(2)19(26)17(23-12-14(20)7-10-16(23)24)18(25)13-5-8-15(21)9-6-13/h5-10,12,17H,3-4,11H2,1-2H3/t17-/m1/s1. The van der Waals surface area contributed by atoms with E-state index in [2.05, 4.69) is 0 Å². The van der Waals surface area contributed by atoms with Crippen LogP contribution in [0.15, 0.2) is 47.4 Å². The molecule has 0 saturated heterocycles. The Bertz CT molecular complexity index is 849. The zero-order valence-electron chi connectivity index (χ0n) is 14.6. The van der Waals surface area contributed by atoms with E-state index in [-0.39, 0.29) is 10.6 Å². The Hall–Kier alpha value is -2.47. The highest BCUT2D eigenvalue weighted by Gasteiger charge is 2.32. The maximum Gasteiger partial charge on any atom is 0.253 e. The number of amides is 1. The largest absolute Gasteiger partial charge is 0.344 e. The number of hydrogen-bond donors (Lipinski definition) is 0. The van der Waals surface area contributed by atoms with Crippen LogP contribution in [-0.2, 0) is 4.79 Å². The van der Waals surface area contributed by atoms with Crippen molar-refractivity contribution in [3.63, 3.8) is 0 Å². The minimum absolute atomic E-state index is 0.139. The second-order valence-electron chi connectivity index (χ2n) is 5.98. The van der Waals surface area contributed by atoms with E-state index in [1.807, 2.05) is 6.92 Å². The van der Waals surface area contributed by atoms with E-state index in [1.165, 1.54) is 35.4 Å². The Kier molecular flexibility index (Phi) is 6.69. The maximum atomic E-state index is 13.2. The minimum Gasteiger partial charge on any atom is -0.344 e. The van der Waals surface area contributed by atoms with Gasteiger partial charge in [-0.2, -0.15) is 0 Å². The van der Waals surface area contributed by atoms with Gasteiger partial charge in [-0.3, -0.25) is 19.0 Å². The highest BCUT2D eigenvalue weighted by Crippen LogP contribution is 2.18. The van der Waals surface area contributed by atoms with Crippen LogP contribution in [-0.4, -0.2) is 34.7 Å². The molecule has 0 aliphatic carbocycles. The van der Waals surface area contributed by atoms with Gasteiger partial charge in [-0.1, -0.05) is 24.9 Å². The van der Waals surface area contributed by atoms with Crippen molar-refractivity contribution in [2.75, 3.05) is 13.6 Å². The first-order valence-electron chi connectivity index (χ1n) is 8.27. The van der Waals surface area contributed by atoms with Crippen LogP contribution in [0.5, 0.6) is 0 Å². The molecular weight excluding hydrogens is 359 g/mol. The Morgan fingerprint density at radius 2 is 1.85 bits per heavy atom. The Balaban J connectivity index is 2.49. The lowest BCUT2D eigenvalue weighted by molar-refractivity contribution is -0.132. The van der Waals surface area contributed by atoms with Crippen molar-refractivity contribution in [2.24, 2.45) is 0 Å². The van der Waals surface area contributed by atoms with Gasteiger partial charge < -0.3 is 4.90 Å². The van der Waals surface area contributed by atoms with Gasteiger partial charge in [0.2, 0.25) is 0 Å². The molecule has 0 aliphatic heterocycles. The molecule has 1 amide bonds. The summed E-state index contributed by atoms with van der Waals surface area (Å²) in [6.07, 6.45) is 2.91. The molecule has 26 heavy (non-hydrogen) atoms. The van der Waals surface area contributed by atoms with Crippen molar-refractivity contribution >= 4 is 23.3 Å². The van der Waals surface area contributed by atoms with Crippen LogP contribution in [0.2, 0.25) is 5.02 Å². The molecular formula is C19H20ClFN2O3. The molecule has 0 N–H and O–H groups in total. The summed E-state index contributed by atoms with van der Waals surface area (Å²) in [4.78, 5) is 39.6. The zero-order valence-corrected chi connectivity index (χ0v) is 15.4. The number of unbranched alkanes of at least 4 members (excludes halogenated alkanes) is 1. The Morgan fingerprint density at radius 3 is 2.46 bits per heavy atom. The number of hydrogen-bond acceptors (Lipinski definition) is 3. The minimum atomic E-state index is -1.39. The van der Waals surface area contributed by atoms with Crippen molar-refractivity contribution in [2.45, 2.75) is 25.8 Å². The third kappa shape index (κ3) is 4.58. The van der Waals surface area contributed by atoms with Gasteiger partial charge >= 0.3 is 0 Å². The molecule has 1 atom stereocenters. The average Bonchev–Trinajstić information content (AvgIpc) is 2.63. The molecule has 0 bridgehead atoms. The molecule has 1 aromatic heterocycles. The topological polar surface area (TPSA) is 59.4 Å². The van der Waals surface area contributed by atoms with E-state index in [0.29, 0.717) is 6.54 Å². The molecule has 5 nitrogen and oxygen atoms in total. The molecule has 138 valence electrons. The van der Waals surface area contributed by atoms with Crippen LogP contribution in [0.1, 0.15) is 36.2 Å². The lowest BCUT2D eigenvalue weighted by Gasteiger charge is -2.24. The van der Waals surface area contributed by atoms with Crippen molar-refractivity contribution in [1.29, 1.82) is 0 Å². The molecule has 1 heterocycles. The van der Waals surface area contributed by atoms with Gasteiger partial charge in [-0.25, -0.2) is 4.39 Å². The summed E-state index contributed by atoms with van der Waals surface area (Å²) in [7, 11) is 1.58. The lowest BCUT2D eigenvalue weighted by atomic mass is 10.0. The molecule has 7 heteroatoms. The molecule has 2 aromatic rings. The first kappa shape index (κ1) is 19.8. The number of ketones is 1. The van der Waals surface area contributed by atoms with Crippen LogP contribution >= 0.6 is 11.6 Å². The third-order valence-corrected chi connectivity index (χ3v) is 4.24.